The van der Waals surface area contributed by atoms with Crippen LogP contribution in [0.4, 0.5) is 13.2 Å². The van der Waals surface area contributed by atoms with E-state index in [0.29, 0.717) is 13.0 Å². The van der Waals surface area contributed by atoms with E-state index in [1.165, 1.54) is 0 Å². The van der Waals surface area contributed by atoms with E-state index in [0.717, 1.165) is 0 Å². The molecule has 0 aromatic carbocycles. The highest BCUT2D eigenvalue weighted by Gasteiger charge is 2.42. The van der Waals surface area contributed by atoms with Crippen molar-refractivity contribution in [1.29, 1.82) is 0 Å². The fourth-order valence-corrected chi connectivity index (χ4v) is 1.71. The van der Waals surface area contributed by atoms with Gasteiger partial charge in [0.25, 0.3) is 5.91 Å². The molecule has 0 bridgehead atoms. The lowest BCUT2D eigenvalue weighted by atomic mass is 9.82. The molecular formula is C11H15BF3N3O3. The van der Waals surface area contributed by atoms with Gasteiger partial charge in [-0.05, 0) is 25.8 Å². The summed E-state index contributed by atoms with van der Waals surface area (Å²) in [6.07, 6.45) is -5.50. The Morgan fingerprint density at radius 1 is 1.29 bits per heavy atom. The molecule has 3 N–H and O–H groups in total. The van der Waals surface area contributed by atoms with Gasteiger partial charge in [-0.2, -0.15) is 0 Å². The van der Waals surface area contributed by atoms with Crippen LogP contribution in [0, 0.1) is 5.92 Å². The average molecular weight is 305 g/mol. The van der Waals surface area contributed by atoms with Gasteiger partial charge in [-0.15, -0.1) is 13.2 Å². The van der Waals surface area contributed by atoms with E-state index < -0.39 is 30.2 Å². The Balaban J connectivity index is 2.21. The summed E-state index contributed by atoms with van der Waals surface area (Å²) in [7, 11) is 5.04. The Morgan fingerprint density at radius 2 is 1.90 bits per heavy atom. The third-order valence-electron chi connectivity index (χ3n) is 2.96. The molecule has 2 amide bonds. The van der Waals surface area contributed by atoms with Crippen molar-refractivity contribution in [2.75, 3.05) is 6.54 Å². The second-order valence-corrected chi connectivity index (χ2v) is 4.60. The van der Waals surface area contributed by atoms with E-state index in [9.17, 15) is 22.8 Å². The van der Waals surface area contributed by atoms with Crippen molar-refractivity contribution in [3.05, 3.63) is 12.2 Å². The molecule has 2 radical (unpaired) electrons. The number of rotatable bonds is 6. The molecule has 1 aliphatic rings. The van der Waals surface area contributed by atoms with Gasteiger partial charge in [-0.1, -0.05) is 6.58 Å². The van der Waals surface area contributed by atoms with Crippen molar-refractivity contribution in [2.45, 2.75) is 31.7 Å². The minimum atomic E-state index is -4.70. The Morgan fingerprint density at radius 3 is 2.43 bits per heavy atom. The molecule has 1 fully saturated rings. The number of carbonyl (C=O) groups is 2. The second-order valence-electron chi connectivity index (χ2n) is 4.60. The lowest BCUT2D eigenvalue weighted by Gasteiger charge is -2.34. The van der Waals surface area contributed by atoms with Crippen LogP contribution >= 0.6 is 0 Å². The number of ether oxygens (including phenoxy) is 1. The molecule has 0 aromatic rings. The molecule has 0 unspecified atom stereocenters. The SMILES string of the molecule is [B]NCCC(=C)C(=O)NNC(=O)C1CC(OC(F)(F)F)C1. The van der Waals surface area contributed by atoms with Crippen molar-refractivity contribution in [1.82, 2.24) is 16.1 Å². The first-order valence-electron chi connectivity index (χ1n) is 6.19. The summed E-state index contributed by atoms with van der Waals surface area (Å²) in [4.78, 5) is 23.0. The van der Waals surface area contributed by atoms with E-state index >= 15 is 0 Å². The Hall–Kier alpha value is -1.55. The number of amides is 2. The highest BCUT2D eigenvalue weighted by atomic mass is 19.4. The second kappa shape index (κ2) is 7.46. The van der Waals surface area contributed by atoms with E-state index in [4.69, 9.17) is 7.98 Å². The maximum atomic E-state index is 11.9. The van der Waals surface area contributed by atoms with Crippen LogP contribution in [0.5, 0.6) is 0 Å². The quantitative estimate of drug-likeness (QED) is 0.368. The molecule has 6 nitrogen and oxygen atoms in total. The van der Waals surface area contributed by atoms with Gasteiger partial charge < -0.3 is 5.23 Å². The summed E-state index contributed by atoms with van der Waals surface area (Å²) in [5.74, 6) is -1.76. The van der Waals surface area contributed by atoms with E-state index in [1.54, 1.807) is 0 Å². The van der Waals surface area contributed by atoms with Crippen LogP contribution in [0.25, 0.3) is 0 Å². The lowest BCUT2D eigenvalue weighted by molar-refractivity contribution is -0.353. The minimum Gasteiger partial charge on any atom is -0.366 e. The van der Waals surface area contributed by atoms with Gasteiger partial charge in [0, 0.05) is 11.5 Å². The van der Waals surface area contributed by atoms with Gasteiger partial charge in [0.05, 0.1) is 6.10 Å². The van der Waals surface area contributed by atoms with Crippen LogP contribution < -0.4 is 16.1 Å². The number of carbonyl (C=O) groups excluding carboxylic acids is 2. The summed E-state index contributed by atoms with van der Waals surface area (Å²) in [5.41, 5.74) is 4.48. The standard InChI is InChI=1S/C11H15BF3N3O3/c1-6(2-3-16-12)9(19)17-18-10(20)7-4-8(5-7)21-11(13,14)15/h7-8,16H,1-5H2,(H,17,19)(H,18,20). The van der Waals surface area contributed by atoms with Crippen LogP contribution in [0.1, 0.15) is 19.3 Å². The zero-order valence-corrected chi connectivity index (χ0v) is 11.1. The topological polar surface area (TPSA) is 79.5 Å². The fourth-order valence-electron chi connectivity index (χ4n) is 1.71. The molecule has 0 heterocycles. The summed E-state index contributed by atoms with van der Waals surface area (Å²) in [6.45, 7) is 3.84. The van der Waals surface area contributed by atoms with Gasteiger partial charge in [0.1, 0.15) is 0 Å². The minimum absolute atomic E-state index is 0.0424. The Kier molecular flexibility index (Phi) is 6.22. The van der Waals surface area contributed by atoms with Crippen LogP contribution in [-0.4, -0.2) is 38.8 Å². The fraction of sp³-hybridized carbons (Fsp3) is 0.636. The number of alkyl halides is 3. The zero-order valence-electron chi connectivity index (χ0n) is 11.1. The van der Waals surface area contributed by atoms with Crippen LogP contribution in [0.2, 0.25) is 0 Å². The summed E-state index contributed by atoms with van der Waals surface area (Å²) in [5, 5.41) is 2.34. The van der Waals surface area contributed by atoms with E-state index in [2.05, 4.69) is 27.4 Å². The normalized spacial score (nSPS) is 21.3. The Labute approximate surface area is 120 Å². The predicted octanol–water partition coefficient (Wildman–Crippen LogP) is 0.0682. The Bertz CT molecular complexity index is 411. The molecule has 10 heteroatoms. The van der Waals surface area contributed by atoms with Crippen LogP contribution in [0.3, 0.4) is 0 Å². The van der Waals surface area contributed by atoms with E-state index in [-0.39, 0.29) is 18.4 Å². The van der Waals surface area contributed by atoms with E-state index in [1.807, 2.05) is 0 Å². The third-order valence-corrected chi connectivity index (χ3v) is 2.96. The molecule has 116 valence electrons. The van der Waals surface area contributed by atoms with Gasteiger partial charge in [0.2, 0.25) is 5.91 Å². The largest absolute Gasteiger partial charge is 0.522 e. The first-order chi connectivity index (χ1) is 9.73. The van der Waals surface area contributed by atoms with Gasteiger partial charge >= 0.3 is 6.36 Å². The molecule has 1 aliphatic carbocycles. The third kappa shape index (κ3) is 6.17. The molecule has 0 spiro atoms. The number of nitrogens with one attached hydrogen (secondary N) is 3. The van der Waals surface area contributed by atoms with Crippen molar-refractivity contribution in [2.24, 2.45) is 5.92 Å². The average Bonchev–Trinajstić information content (AvgIpc) is 2.35. The summed E-state index contributed by atoms with van der Waals surface area (Å²) < 4.78 is 39.5. The van der Waals surface area contributed by atoms with Crippen molar-refractivity contribution in [3.8, 4) is 0 Å². The van der Waals surface area contributed by atoms with Crippen molar-refractivity contribution >= 4 is 19.8 Å². The number of hydrogen-bond donors (Lipinski definition) is 3. The molecule has 1 rings (SSSR count). The monoisotopic (exact) mass is 305 g/mol. The van der Waals surface area contributed by atoms with Crippen LogP contribution in [-0.2, 0) is 14.3 Å². The highest BCUT2D eigenvalue weighted by molar-refractivity contribution is 6.04. The first-order valence-corrected chi connectivity index (χ1v) is 6.19. The summed E-state index contributed by atoms with van der Waals surface area (Å²) >= 11 is 0. The van der Waals surface area contributed by atoms with Crippen molar-refractivity contribution < 1.29 is 27.5 Å². The van der Waals surface area contributed by atoms with Crippen molar-refractivity contribution in [3.63, 3.8) is 0 Å². The molecular weight excluding hydrogens is 290 g/mol. The molecule has 0 atom stereocenters. The molecule has 0 aliphatic heterocycles. The highest BCUT2D eigenvalue weighted by Crippen LogP contribution is 2.34. The van der Waals surface area contributed by atoms with Crippen LogP contribution in [0.15, 0.2) is 12.2 Å². The maximum absolute atomic E-state index is 11.9. The number of hydrogen-bond acceptors (Lipinski definition) is 4. The maximum Gasteiger partial charge on any atom is 0.522 e. The van der Waals surface area contributed by atoms with Gasteiger partial charge in [-0.25, -0.2) is 0 Å². The van der Waals surface area contributed by atoms with Gasteiger partial charge in [0.15, 0.2) is 7.98 Å². The number of halogens is 3. The molecule has 0 aromatic heterocycles. The smallest absolute Gasteiger partial charge is 0.366 e. The molecule has 21 heavy (non-hydrogen) atoms. The molecule has 1 saturated carbocycles. The first kappa shape index (κ1) is 17.5. The zero-order chi connectivity index (χ0) is 16.0. The number of hydrazine groups is 1. The van der Waals surface area contributed by atoms with Gasteiger partial charge in [-0.3, -0.25) is 25.2 Å². The predicted molar refractivity (Wildman–Crippen MR) is 67.5 cm³/mol. The summed E-state index contributed by atoms with van der Waals surface area (Å²) in [6, 6.07) is 0. The lowest BCUT2D eigenvalue weighted by Crippen LogP contribution is -2.50. The molecule has 0 saturated heterocycles.